The molecule has 2 N–H and O–H groups in total. The molecule has 0 radical (unpaired) electrons. The SMILES string of the molecule is C[Si](C)(C)CC(N[Si](C)(C)C)C1CCC(CO)CC1. The van der Waals surface area contributed by atoms with Crippen LogP contribution in [-0.4, -0.2) is 34.1 Å². The van der Waals surface area contributed by atoms with Gasteiger partial charge in [-0.3, -0.25) is 0 Å². The van der Waals surface area contributed by atoms with Crippen LogP contribution < -0.4 is 4.98 Å². The van der Waals surface area contributed by atoms with Crippen molar-refractivity contribution < 1.29 is 5.11 Å². The van der Waals surface area contributed by atoms with Gasteiger partial charge in [0.25, 0.3) is 0 Å². The van der Waals surface area contributed by atoms with Crippen molar-refractivity contribution in [1.29, 1.82) is 0 Å². The molecule has 1 rings (SSSR count). The summed E-state index contributed by atoms with van der Waals surface area (Å²) in [6.45, 7) is 15.1. The average Bonchev–Trinajstić information content (AvgIpc) is 2.24. The van der Waals surface area contributed by atoms with Crippen LogP contribution in [0, 0.1) is 11.8 Å². The summed E-state index contributed by atoms with van der Waals surface area (Å²) in [5.74, 6) is 1.43. The Morgan fingerprint density at radius 2 is 1.53 bits per heavy atom. The summed E-state index contributed by atoms with van der Waals surface area (Å²) >= 11 is 0. The quantitative estimate of drug-likeness (QED) is 0.729. The van der Waals surface area contributed by atoms with E-state index in [1.54, 1.807) is 0 Å². The average molecular weight is 302 g/mol. The van der Waals surface area contributed by atoms with E-state index in [2.05, 4.69) is 44.3 Å². The van der Waals surface area contributed by atoms with E-state index in [1.807, 2.05) is 0 Å². The molecule has 0 bridgehead atoms. The van der Waals surface area contributed by atoms with E-state index in [9.17, 15) is 5.11 Å². The summed E-state index contributed by atoms with van der Waals surface area (Å²) in [6, 6.07) is 2.14. The minimum absolute atomic E-state index is 0.396. The topological polar surface area (TPSA) is 32.3 Å². The summed E-state index contributed by atoms with van der Waals surface area (Å²) in [6.07, 6.45) is 5.10. The van der Waals surface area contributed by atoms with Crippen LogP contribution in [0.5, 0.6) is 0 Å². The molecule has 0 heterocycles. The molecule has 0 amide bonds. The predicted octanol–water partition coefficient (Wildman–Crippen LogP) is 3.92. The zero-order valence-electron chi connectivity index (χ0n) is 13.9. The predicted molar refractivity (Wildman–Crippen MR) is 91.0 cm³/mol. The second-order valence-electron chi connectivity index (χ2n) is 8.73. The van der Waals surface area contributed by atoms with Crippen molar-refractivity contribution in [2.45, 2.75) is 77.1 Å². The number of hydrogen-bond acceptors (Lipinski definition) is 2. The van der Waals surface area contributed by atoms with Gasteiger partial charge in [-0.1, -0.05) is 39.3 Å². The molecule has 0 aromatic carbocycles. The van der Waals surface area contributed by atoms with Crippen molar-refractivity contribution >= 4 is 16.3 Å². The fourth-order valence-corrected chi connectivity index (χ4v) is 6.73. The van der Waals surface area contributed by atoms with Crippen LogP contribution in [-0.2, 0) is 0 Å². The van der Waals surface area contributed by atoms with Crippen molar-refractivity contribution in [3.63, 3.8) is 0 Å². The van der Waals surface area contributed by atoms with Gasteiger partial charge in [0.05, 0.1) is 0 Å². The Hall–Kier alpha value is 0.354. The lowest BCUT2D eigenvalue weighted by Crippen LogP contribution is -2.53. The molecule has 114 valence electrons. The molecule has 2 nitrogen and oxygen atoms in total. The van der Waals surface area contributed by atoms with Gasteiger partial charge in [-0.2, -0.15) is 0 Å². The van der Waals surface area contributed by atoms with Crippen molar-refractivity contribution in [2.75, 3.05) is 6.61 Å². The highest BCUT2D eigenvalue weighted by molar-refractivity contribution is 6.77. The van der Waals surface area contributed by atoms with Crippen LogP contribution in [0.15, 0.2) is 0 Å². The lowest BCUT2D eigenvalue weighted by molar-refractivity contribution is 0.157. The summed E-state index contributed by atoms with van der Waals surface area (Å²) in [5.41, 5.74) is 0. The molecule has 19 heavy (non-hydrogen) atoms. The van der Waals surface area contributed by atoms with Crippen molar-refractivity contribution in [3.05, 3.63) is 0 Å². The van der Waals surface area contributed by atoms with Crippen LogP contribution in [0.2, 0.25) is 45.3 Å². The molecule has 0 aromatic heterocycles. The van der Waals surface area contributed by atoms with Crippen LogP contribution >= 0.6 is 0 Å². The van der Waals surface area contributed by atoms with Gasteiger partial charge in [-0.15, -0.1) is 0 Å². The largest absolute Gasteiger partial charge is 0.396 e. The highest BCUT2D eigenvalue weighted by Crippen LogP contribution is 2.33. The van der Waals surface area contributed by atoms with Gasteiger partial charge in [-0.05, 0) is 43.6 Å². The molecule has 1 aliphatic carbocycles. The van der Waals surface area contributed by atoms with E-state index in [0.29, 0.717) is 12.5 Å². The second-order valence-corrected chi connectivity index (χ2v) is 19.0. The van der Waals surface area contributed by atoms with E-state index in [-0.39, 0.29) is 0 Å². The van der Waals surface area contributed by atoms with E-state index in [0.717, 1.165) is 12.0 Å². The molecular weight excluding hydrogens is 266 g/mol. The number of aliphatic hydroxyl groups excluding tert-OH is 1. The van der Waals surface area contributed by atoms with Gasteiger partial charge in [0.1, 0.15) is 8.24 Å². The van der Waals surface area contributed by atoms with Crippen molar-refractivity contribution in [3.8, 4) is 0 Å². The fourth-order valence-electron chi connectivity index (χ4n) is 3.32. The summed E-state index contributed by atoms with van der Waals surface area (Å²) in [5, 5.41) is 9.29. The van der Waals surface area contributed by atoms with Gasteiger partial charge < -0.3 is 10.1 Å². The molecule has 1 aliphatic rings. The van der Waals surface area contributed by atoms with Gasteiger partial charge in [0, 0.05) is 20.7 Å². The second kappa shape index (κ2) is 6.88. The van der Waals surface area contributed by atoms with E-state index in [4.69, 9.17) is 0 Å². The highest BCUT2D eigenvalue weighted by atomic mass is 28.3. The molecule has 0 saturated heterocycles. The molecule has 0 aliphatic heterocycles. The first kappa shape index (κ1) is 17.4. The maximum absolute atomic E-state index is 9.29. The fraction of sp³-hybridized carbons (Fsp3) is 1.00. The summed E-state index contributed by atoms with van der Waals surface area (Å²) in [7, 11) is -2.23. The number of hydrogen-bond donors (Lipinski definition) is 2. The zero-order valence-corrected chi connectivity index (χ0v) is 15.9. The van der Waals surface area contributed by atoms with Crippen LogP contribution in [0.3, 0.4) is 0 Å². The maximum Gasteiger partial charge on any atom is 0.116 e. The van der Waals surface area contributed by atoms with Gasteiger partial charge in [-0.25, -0.2) is 0 Å². The normalized spacial score (nSPS) is 27.3. The molecule has 1 unspecified atom stereocenters. The lowest BCUT2D eigenvalue weighted by Gasteiger charge is -2.39. The first-order chi connectivity index (χ1) is 8.61. The van der Waals surface area contributed by atoms with E-state index < -0.39 is 16.3 Å². The third-order valence-corrected chi connectivity index (χ3v) is 7.07. The van der Waals surface area contributed by atoms with Gasteiger partial charge in [0.15, 0.2) is 0 Å². The Morgan fingerprint density at radius 3 is 1.89 bits per heavy atom. The van der Waals surface area contributed by atoms with Crippen molar-refractivity contribution in [1.82, 2.24) is 4.98 Å². The molecule has 4 heteroatoms. The van der Waals surface area contributed by atoms with Crippen molar-refractivity contribution in [2.24, 2.45) is 11.8 Å². The standard InChI is InChI=1S/C15H35NOSi2/c1-18(2,3)12-15(16-19(4,5)6)14-9-7-13(11-17)8-10-14/h13-17H,7-12H2,1-6H3. The van der Waals surface area contributed by atoms with Gasteiger partial charge >= 0.3 is 0 Å². The third kappa shape index (κ3) is 7.07. The van der Waals surface area contributed by atoms with Crippen LogP contribution in [0.1, 0.15) is 25.7 Å². The maximum atomic E-state index is 9.29. The zero-order chi connectivity index (χ0) is 14.7. The molecule has 1 saturated carbocycles. The Morgan fingerprint density at radius 1 is 1.00 bits per heavy atom. The molecular formula is C15H35NOSi2. The summed E-state index contributed by atoms with van der Waals surface area (Å²) < 4.78 is 0. The molecule has 0 aromatic rings. The number of rotatable bonds is 6. The summed E-state index contributed by atoms with van der Waals surface area (Å²) in [4.78, 5) is 4.03. The Balaban J connectivity index is 2.63. The Labute approximate surface area is 122 Å². The minimum Gasteiger partial charge on any atom is -0.396 e. The molecule has 0 spiro atoms. The van der Waals surface area contributed by atoms with E-state index >= 15 is 0 Å². The highest BCUT2D eigenvalue weighted by Gasteiger charge is 2.33. The van der Waals surface area contributed by atoms with E-state index in [1.165, 1.54) is 31.7 Å². The minimum atomic E-state index is -1.21. The lowest BCUT2D eigenvalue weighted by atomic mass is 9.79. The third-order valence-electron chi connectivity index (χ3n) is 4.17. The monoisotopic (exact) mass is 301 g/mol. The first-order valence-corrected chi connectivity index (χ1v) is 15.2. The van der Waals surface area contributed by atoms with Crippen LogP contribution in [0.25, 0.3) is 0 Å². The Bertz CT molecular complexity index is 246. The molecule has 1 fully saturated rings. The molecule has 1 atom stereocenters. The first-order valence-electron chi connectivity index (χ1n) is 7.99. The number of nitrogens with one attached hydrogen (secondary N) is 1. The van der Waals surface area contributed by atoms with Gasteiger partial charge in [0.2, 0.25) is 0 Å². The van der Waals surface area contributed by atoms with Crippen LogP contribution in [0.4, 0.5) is 0 Å². The number of aliphatic hydroxyl groups is 1. The smallest absolute Gasteiger partial charge is 0.116 e. The Kier molecular flexibility index (Phi) is 6.30.